The SMILES string of the molecule is NC(=O)c1cc(NC(=O)c2cc(Br)ccc2N)ccc1F. The molecule has 0 radical (unpaired) electrons. The molecule has 0 fully saturated rings. The Morgan fingerprint density at radius 3 is 2.48 bits per heavy atom. The molecule has 2 amide bonds. The van der Waals surface area contributed by atoms with Gasteiger partial charge in [-0.1, -0.05) is 15.9 Å². The number of halogens is 2. The molecule has 2 aromatic carbocycles. The first-order chi connectivity index (χ1) is 9.88. The Kier molecular flexibility index (Phi) is 4.23. The maximum atomic E-state index is 13.4. The molecular weight excluding hydrogens is 341 g/mol. The monoisotopic (exact) mass is 351 g/mol. The Morgan fingerprint density at radius 1 is 1.10 bits per heavy atom. The number of nitrogens with two attached hydrogens (primary N) is 2. The van der Waals surface area contributed by atoms with Crippen molar-refractivity contribution in [1.82, 2.24) is 0 Å². The molecule has 5 nitrogen and oxygen atoms in total. The quantitative estimate of drug-likeness (QED) is 0.741. The van der Waals surface area contributed by atoms with Crippen LogP contribution in [0.15, 0.2) is 40.9 Å². The Bertz CT molecular complexity index is 734. The molecule has 0 spiro atoms. The van der Waals surface area contributed by atoms with Gasteiger partial charge in [-0.2, -0.15) is 0 Å². The zero-order valence-electron chi connectivity index (χ0n) is 10.7. The van der Waals surface area contributed by atoms with E-state index in [9.17, 15) is 14.0 Å². The second-order valence-corrected chi connectivity index (χ2v) is 5.16. The van der Waals surface area contributed by atoms with Crippen LogP contribution in [0, 0.1) is 5.82 Å². The van der Waals surface area contributed by atoms with E-state index in [4.69, 9.17) is 11.5 Å². The van der Waals surface area contributed by atoms with Gasteiger partial charge in [0, 0.05) is 15.8 Å². The maximum absolute atomic E-state index is 13.4. The van der Waals surface area contributed by atoms with Crippen LogP contribution in [0.4, 0.5) is 15.8 Å². The molecule has 0 unspecified atom stereocenters. The molecule has 0 saturated carbocycles. The maximum Gasteiger partial charge on any atom is 0.257 e. The Labute approximate surface area is 128 Å². The normalized spacial score (nSPS) is 10.2. The van der Waals surface area contributed by atoms with Crippen molar-refractivity contribution in [3.63, 3.8) is 0 Å². The van der Waals surface area contributed by atoms with E-state index in [0.29, 0.717) is 10.2 Å². The molecule has 0 atom stereocenters. The second-order valence-electron chi connectivity index (χ2n) is 4.24. The number of carbonyl (C=O) groups is 2. The van der Waals surface area contributed by atoms with Gasteiger partial charge in [0.25, 0.3) is 11.8 Å². The molecule has 21 heavy (non-hydrogen) atoms. The number of anilines is 2. The molecule has 0 heterocycles. The highest BCUT2D eigenvalue weighted by Crippen LogP contribution is 2.21. The molecule has 2 rings (SSSR count). The van der Waals surface area contributed by atoms with E-state index in [0.717, 1.165) is 6.07 Å². The van der Waals surface area contributed by atoms with E-state index in [-0.39, 0.29) is 16.8 Å². The number of hydrogen-bond acceptors (Lipinski definition) is 3. The summed E-state index contributed by atoms with van der Waals surface area (Å²) >= 11 is 3.24. The topological polar surface area (TPSA) is 98.2 Å². The number of amides is 2. The van der Waals surface area contributed by atoms with Gasteiger partial charge in [0.05, 0.1) is 11.1 Å². The average molecular weight is 352 g/mol. The molecule has 0 aliphatic carbocycles. The summed E-state index contributed by atoms with van der Waals surface area (Å²) in [5.74, 6) is -2.14. The van der Waals surface area contributed by atoms with Gasteiger partial charge in [-0.05, 0) is 36.4 Å². The van der Waals surface area contributed by atoms with Gasteiger partial charge in [0.15, 0.2) is 0 Å². The van der Waals surface area contributed by atoms with Crippen LogP contribution < -0.4 is 16.8 Å². The first-order valence-electron chi connectivity index (χ1n) is 5.84. The van der Waals surface area contributed by atoms with E-state index >= 15 is 0 Å². The van der Waals surface area contributed by atoms with Crippen LogP contribution in [0.5, 0.6) is 0 Å². The van der Waals surface area contributed by atoms with Crippen LogP contribution >= 0.6 is 15.9 Å². The lowest BCUT2D eigenvalue weighted by atomic mass is 10.1. The fourth-order valence-corrected chi connectivity index (χ4v) is 2.08. The molecule has 2 aromatic rings. The predicted octanol–water partition coefficient (Wildman–Crippen LogP) is 2.52. The summed E-state index contributed by atoms with van der Waals surface area (Å²) in [7, 11) is 0. The second kappa shape index (κ2) is 5.92. The van der Waals surface area contributed by atoms with Crippen LogP contribution in [-0.2, 0) is 0 Å². The van der Waals surface area contributed by atoms with E-state index in [1.807, 2.05) is 0 Å². The zero-order valence-corrected chi connectivity index (χ0v) is 12.3. The van der Waals surface area contributed by atoms with E-state index in [1.54, 1.807) is 18.2 Å². The summed E-state index contributed by atoms with van der Waals surface area (Å²) in [5, 5.41) is 2.53. The number of carbonyl (C=O) groups excluding carboxylic acids is 2. The van der Waals surface area contributed by atoms with Gasteiger partial charge in [-0.25, -0.2) is 4.39 Å². The van der Waals surface area contributed by atoms with E-state index < -0.39 is 17.6 Å². The lowest BCUT2D eigenvalue weighted by Crippen LogP contribution is -2.16. The fourth-order valence-electron chi connectivity index (χ4n) is 1.72. The number of hydrogen-bond donors (Lipinski definition) is 3. The first-order valence-corrected chi connectivity index (χ1v) is 6.63. The first kappa shape index (κ1) is 15.0. The fraction of sp³-hybridized carbons (Fsp3) is 0. The Hall–Kier alpha value is -2.41. The summed E-state index contributed by atoms with van der Waals surface area (Å²) < 4.78 is 14.1. The minimum atomic E-state index is -0.912. The number of nitrogen functional groups attached to an aromatic ring is 1. The van der Waals surface area contributed by atoms with Gasteiger partial charge < -0.3 is 16.8 Å². The highest BCUT2D eigenvalue weighted by molar-refractivity contribution is 9.10. The highest BCUT2D eigenvalue weighted by Gasteiger charge is 2.13. The standard InChI is InChI=1S/C14H11BrFN3O2/c15-7-1-4-12(17)10(5-7)14(21)19-8-2-3-11(16)9(6-8)13(18)20/h1-6H,17H2,(H2,18,20)(H,19,21). The van der Waals surface area contributed by atoms with Crippen molar-refractivity contribution in [3.05, 3.63) is 57.8 Å². The Balaban J connectivity index is 2.29. The van der Waals surface area contributed by atoms with E-state index in [2.05, 4.69) is 21.2 Å². The largest absolute Gasteiger partial charge is 0.398 e. The van der Waals surface area contributed by atoms with Crippen LogP contribution in [-0.4, -0.2) is 11.8 Å². The molecule has 0 aliphatic rings. The molecule has 7 heteroatoms. The van der Waals surface area contributed by atoms with Gasteiger partial charge in [-0.15, -0.1) is 0 Å². The zero-order chi connectivity index (χ0) is 15.6. The number of rotatable bonds is 3. The minimum absolute atomic E-state index is 0.245. The summed E-state index contributed by atoms with van der Waals surface area (Å²) in [5.41, 5.74) is 11.3. The van der Waals surface area contributed by atoms with Crippen molar-refractivity contribution in [2.45, 2.75) is 0 Å². The molecule has 0 bridgehead atoms. The van der Waals surface area contributed by atoms with Crippen molar-refractivity contribution in [1.29, 1.82) is 0 Å². The summed E-state index contributed by atoms with van der Waals surface area (Å²) in [4.78, 5) is 23.2. The van der Waals surface area contributed by atoms with Crippen LogP contribution in [0.2, 0.25) is 0 Å². The van der Waals surface area contributed by atoms with Crippen molar-refractivity contribution >= 4 is 39.1 Å². The third kappa shape index (κ3) is 3.38. The van der Waals surface area contributed by atoms with Crippen molar-refractivity contribution in [2.75, 3.05) is 11.1 Å². The Morgan fingerprint density at radius 2 is 1.81 bits per heavy atom. The number of benzene rings is 2. The minimum Gasteiger partial charge on any atom is -0.398 e. The molecule has 0 aromatic heterocycles. The van der Waals surface area contributed by atoms with Crippen molar-refractivity contribution in [2.24, 2.45) is 5.73 Å². The third-order valence-corrected chi connectivity index (χ3v) is 3.24. The molecule has 0 saturated heterocycles. The summed E-state index contributed by atoms with van der Waals surface area (Å²) in [6.45, 7) is 0. The van der Waals surface area contributed by atoms with Gasteiger partial charge >= 0.3 is 0 Å². The van der Waals surface area contributed by atoms with E-state index in [1.165, 1.54) is 12.1 Å². The van der Waals surface area contributed by atoms with Gasteiger partial charge in [0.2, 0.25) is 0 Å². The smallest absolute Gasteiger partial charge is 0.257 e. The molecule has 108 valence electrons. The number of primary amides is 1. The predicted molar refractivity (Wildman–Crippen MR) is 81.4 cm³/mol. The average Bonchev–Trinajstić information content (AvgIpc) is 2.43. The highest BCUT2D eigenvalue weighted by atomic mass is 79.9. The van der Waals surface area contributed by atoms with Gasteiger partial charge in [-0.3, -0.25) is 9.59 Å². The summed E-state index contributed by atoms with van der Waals surface area (Å²) in [6.07, 6.45) is 0. The van der Waals surface area contributed by atoms with Crippen molar-refractivity contribution in [3.8, 4) is 0 Å². The van der Waals surface area contributed by atoms with Crippen LogP contribution in [0.25, 0.3) is 0 Å². The van der Waals surface area contributed by atoms with Crippen LogP contribution in [0.1, 0.15) is 20.7 Å². The molecular formula is C14H11BrFN3O2. The van der Waals surface area contributed by atoms with Crippen molar-refractivity contribution < 1.29 is 14.0 Å². The number of nitrogens with one attached hydrogen (secondary N) is 1. The van der Waals surface area contributed by atoms with Gasteiger partial charge in [0.1, 0.15) is 5.82 Å². The third-order valence-electron chi connectivity index (χ3n) is 2.75. The molecule has 5 N–H and O–H groups in total. The molecule has 0 aliphatic heterocycles. The lowest BCUT2D eigenvalue weighted by molar-refractivity contribution is 0.0992. The van der Waals surface area contributed by atoms with Crippen LogP contribution in [0.3, 0.4) is 0 Å². The lowest BCUT2D eigenvalue weighted by Gasteiger charge is -2.09. The summed E-state index contributed by atoms with van der Waals surface area (Å²) in [6, 6.07) is 8.40.